The van der Waals surface area contributed by atoms with Gasteiger partial charge < -0.3 is 15.1 Å². The predicted octanol–water partition coefficient (Wildman–Crippen LogP) is 1.27. The van der Waals surface area contributed by atoms with Crippen molar-refractivity contribution in [2.24, 2.45) is 0 Å². The number of nitrogens with one attached hydrogen (secondary N) is 1. The van der Waals surface area contributed by atoms with Crippen molar-refractivity contribution in [1.29, 1.82) is 0 Å². The zero-order valence-electron chi connectivity index (χ0n) is 17.4. The van der Waals surface area contributed by atoms with Gasteiger partial charge in [-0.1, -0.05) is 30.5 Å². The second kappa shape index (κ2) is 10.4. The fourth-order valence-electron chi connectivity index (χ4n) is 3.92. The van der Waals surface area contributed by atoms with E-state index in [-0.39, 0.29) is 24.3 Å². The molecule has 3 rings (SSSR count). The van der Waals surface area contributed by atoms with Crippen LogP contribution >= 0.6 is 0 Å². The van der Waals surface area contributed by atoms with Crippen LogP contribution in [0.25, 0.3) is 0 Å². The normalized spacial score (nSPS) is 18.2. The number of carbonyl (C=O) groups is 3. The summed E-state index contributed by atoms with van der Waals surface area (Å²) in [7, 11) is 0. The highest BCUT2D eigenvalue weighted by atomic mass is 16.2. The number of piperazine rings is 1. The molecule has 0 radical (unpaired) electrons. The topological polar surface area (TPSA) is 73.0 Å². The molecule has 1 N–H and O–H groups in total. The van der Waals surface area contributed by atoms with E-state index < -0.39 is 0 Å². The Kier molecular flexibility index (Phi) is 7.63. The third-order valence-corrected chi connectivity index (χ3v) is 5.72. The van der Waals surface area contributed by atoms with E-state index in [1.807, 2.05) is 24.0 Å². The molecule has 0 aromatic heterocycles. The van der Waals surface area contributed by atoms with E-state index >= 15 is 0 Å². The molecule has 0 bridgehead atoms. The van der Waals surface area contributed by atoms with Gasteiger partial charge in [0.2, 0.25) is 11.8 Å². The van der Waals surface area contributed by atoms with Gasteiger partial charge in [-0.25, -0.2) is 0 Å². The smallest absolute Gasteiger partial charge is 0.251 e. The standard InChI is InChI=1S/C22H32N4O3/c1-18-7-6-8-19(15-18)22(29)23-16-20(27)26-13-11-24(12-14-26)17-21(28)25-9-4-2-3-5-10-25/h6-8,15H,2-5,9-14,16-17H2,1H3,(H,23,29). The fourth-order valence-corrected chi connectivity index (χ4v) is 3.92. The summed E-state index contributed by atoms with van der Waals surface area (Å²) in [6, 6.07) is 7.31. The van der Waals surface area contributed by atoms with Crippen molar-refractivity contribution < 1.29 is 14.4 Å². The molecule has 1 aromatic rings. The summed E-state index contributed by atoms with van der Waals surface area (Å²) in [5.41, 5.74) is 1.57. The highest BCUT2D eigenvalue weighted by Crippen LogP contribution is 2.11. The zero-order valence-corrected chi connectivity index (χ0v) is 17.4. The van der Waals surface area contributed by atoms with E-state index in [2.05, 4.69) is 10.2 Å². The molecule has 2 aliphatic rings. The molecule has 0 spiro atoms. The minimum Gasteiger partial charge on any atom is -0.343 e. The van der Waals surface area contributed by atoms with Crippen molar-refractivity contribution in [3.8, 4) is 0 Å². The van der Waals surface area contributed by atoms with E-state index in [1.54, 1.807) is 17.0 Å². The summed E-state index contributed by atoms with van der Waals surface area (Å²) in [4.78, 5) is 43.0. The van der Waals surface area contributed by atoms with Crippen molar-refractivity contribution in [2.45, 2.75) is 32.6 Å². The van der Waals surface area contributed by atoms with Gasteiger partial charge in [-0.05, 0) is 31.9 Å². The first kappa shape index (κ1) is 21.3. The Morgan fingerprint density at radius 2 is 1.52 bits per heavy atom. The van der Waals surface area contributed by atoms with Crippen LogP contribution in [0.3, 0.4) is 0 Å². The van der Waals surface area contributed by atoms with Crippen LogP contribution in [0.15, 0.2) is 24.3 Å². The molecule has 7 heteroatoms. The lowest BCUT2D eigenvalue weighted by atomic mass is 10.1. The maximum absolute atomic E-state index is 12.5. The Hall–Kier alpha value is -2.41. The summed E-state index contributed by atoms with van der Waals surface area (Å²) < 4.78 is 0. The van der Waals surface area contributed by atoms with Crippen molar-refractivity contribution >= 4 is 17.7 Å². The molecule has 0 aliphatic carbocycles. The number of likely N-dealkylation sites (tertiary alicyclic amines) is 1. The number of hydrogen-bond acceptors (Lipinski definition) is 4. The SMILES string of the molecule is Cc1cccc(C(=O)NCC(=O)N2CCN(CC(=O)N3CCCCCC3)CC2)c1. The molecular weight excluding hydrogens is 368 g/mol. The molecule has 0 unspecified atom stereocenters. The van der Waals surface area contributed by atoms with Gasteiger partial charge in [0.1, 0.15) is 0 Å². The van der Waals surface area contributed by atoms with Gasteiger partial charge in [0.15, 0.2) is 0 Å². The maximum atomic E-state index is 12.5. The first-order chi connectivity index (χ1) is 14.0. The molecule has 3 amide bonds. The third kappa shape index (κ3) is 6.29. The highest BCUT2D eigenvalue weighted by Gasteiger charge is 2.24. The van der Waals surface area contributed by atoms with Gasteiger partial charge in [0.25, 0.3) is 5.91 Å². The quantitative estimate of drug-likeness (QED) is 0.808. The lowest BCUT2D eigenvalue weighted by molar-refractivity contribution is -0.134. The lowest BCUT2D eigenvalue weighted by Crippen LogP contribution is -2.53. The van der Waals surface area contributed by atoms with Gasteiger partial charge in [-0.3, -0.25) is 19.3 Å². The van der Waals surface area contributed by atoms with E-state index in [9.17, 15) is 14.4 Å². The second-order valence-corrected chi connectivity index (χ2v) is 8.00. The van der Waals surface area contributed by atoms with Crippen molar-refractivity contribution in [3.05, 3.63) is 35.4 Å². The Labute approximate surface area is 173 Å². The van der Waals surface area contributed by atoms with Crippen LogP contribution in [0.5, 0.6) is 0 Å². The van der Waals surface area contributed by atoms with Crippen LogP contribution in [-0.4, -0.2) is 84.8 Å². The average molecular weight is 401 g/mol. The largest absolute Gasteiger partial charge is 0.343 e. The van der Waals surface area contributed by atoms with Crippen LogP contribution in [0, 0.1) is 6.92 Å². The second-order valence-electron chi connectivity index (χ2n) is 8.00. The average Bonchev–Trinajstić information content (AvgIpc) is 3.02. The van der Waals surface area contributed by atoms with Crippen LogP contribution in [-0.2, 0) is 9.59 Å². The van der Waals surface area contributed by atoms with Gasteiger partial charge in [0.05, 0.1) is 13.1 Å². The van der Waals surface area contributed by atoms with Crippen molar-refractivity contribution in [2.75, 3.05) is 52.4 Å². The molecule has 2 fully saturated rings. The lowest BCUT2D eigenvalue weighted by Gasteiger charge is -2.35. The Morgan fingerprint density at radius 1 is 0.862 bits per heavy atom. The monoisotopic (exact) mass is 400 g/mol. The van der Waals surface area contributed by atoms with Crippen LogP contribution in [0.1, 0.15) is 41.6 Å². The number of nitrogens with zero attached hydrogens (tertiary/aromatic N) is 3. The van der Waals surface area contributed by atoms with Gasteiger partial charge >= 0.3 is 0 Å². The number of hydrogen-bond donors (Lipinski definition) is 1. The number of rotatable bonds is 5. The summed E-state index contributed by atoms with van der Waals surface area (Å²) >= 11 is 0. The summed E-state index contributed by atoms with van der Waals surface area (Å²) in [5.74, 6) is -0.106. The summed E-state index contributed by atoms with van der Waals surface area (Å²) in [6.45, 7) is 6.67. The van der Waals surface area contributed by atoms with Crippen molar-refractivity contribution in [1.82, 2.24) is 20.0 Å². The Bertz CT molecular complexity index is 721. The number of amides is 3. The summed E-state index contributed by atoms with van der Waals surface area (Å²) in [6.07, 6.45) is 4.63. The molecule has 2 saturated heterocycles. The molecule has 0 saturated carbocycles. The summed E-state index contributed by atoms with van der Waals surface area (Å²) in [5, 5.41) is 2.71. The van der Waals surface area contributed by atoms with Crippen molar-refractivity contribution in [3.63, 3.8) is 0 Å². The van der Waals surface area contributed by atoms with Gasteiger partial charge in [-0.15, -0.1) is 0 Å². The van der Waals surface area contributed by atoms with Gasteiger partial charge in [0, 0.05) is 44.8 Å². The number of benzene rings is 1. The van der Waals surface area contributed by atoms with E-state index in [4.69, 9.17) is 0 Å². The minimum absolute atomic E-state index is 0.000512. The van der Waals surface area contributed by atoms with Crippen LogP contribution in [0.4, 0.5) is 0 Å². The maximum Gasteiger partial charge on any atom is 0.251 e. The molecule has 2 aliphatic heterocycles. The molecule has 29 heavy (non-hydrogen) atoms. The first-order valence-electron chi connectivity index (χ1n) is 10.7. The molecule has 1 aromatic carbocycles. The van der Waals surface area contributed by atoms with E-state index in [0.29, 0.717) is 38.3 Å². The molecule has 158 valence electrons. The van der Waals surface area contributed by atoms with E-state index in [1.165, 1.54) is 12.8 Å². The highest BCUT2D eigenvalue weighted by molar-refractivity contribution is 5.96. The van der Waals surface area contributed by atoms with Crippen LogP contribution in [0.2, 0.25) is 0 Å². The molecule has 7 nitrogen and oxygen atoms in total. The predicted molar refractivity (Wildman–Crippen MR) is 112 cm³/mol. The minimum atomic E-state index is -0.233. The number of aryl methyl sites for hydroxylation is 1. The number of carbonyl (C=O) groups excluding carboxylic acids is 3. The zero-order chi connectivity index (χ0) is 20.6. The van der Waals surface area contributed by atoms with Gasteiger partial charge in [-0.2, -0.15) is 0 Å². The molecule has 0 atom stereocenters. The Morgan fingerprint density at radius 3 is 2.17 bits per heavy atom. The molecule has 2 heterocycles. The first-order valence-corrected chi connectivity index (χ1v) is 10.7. The van der Waals surface area contributed by atoms with Crippen LogP contribution < -0.4 is 5.32 Å². The Balaban J connectivity index is 1.39. The van der Waals surface area contributed by atoms with E-state index in [0.717, 1.165) is 31.5 Å². The molecular formula is C22H32N4O3. The third-order valence-electron chi connectivity index (χ3n) is 5.72. The fraction of sp³-hybridized carbons (Fsp3) is 0.591.